The average Bonchev–Trinajstić information content (AvgIpc) is 2.45. The highest BCUT2D eigenvalue weighted by Gasteiger charge is 2.24. The number of methoxy groups -OCH3 is 1. The molecule has 0 atom stereocenters. The van der Waals surface area contributed by atoms with Crippen molar-refractivity contribution in [2.75, 3.05) is 7.11 Å². The zero-order chi connectivity index (χ0) is 18.1. The lowest BCUT2D eigenvalue weighted by atomic mass is 10.1. The number of ether oxygens (including phenoxy) is 1. The normalized spacial score (nSPS) is 11.2. The van der Waals surface area contributed by atoms with E-state index in [-0.39, 0.29) is 22.2 Å². The summed E-state index contributed by atoms with van der Waals surface area (Å²) in [6.45, 7) is 6.78. The van der Waals surface area contributed by atoms with Crippen molar-refractivity contribution in [2.24, 2.45) is 0 Å². The third kappa shape index (κ3) is 3.59. The van der Waals surface area contributed by atoms with Gasteiger partial charge in [-0.15, -0.1) is 0 Å². The molecule has 0 fully saturated rings. The lowest BCUT2D eigenvalue weighted by Gasteiger charge is -2.15. The van der Waals surface area contributed by atoms with Gasteiger partial charge in [-0.1, -0.05) is 17.7 Å². The van der Waals surface area contributed by atoms with Gasteiger partial charge < -0.3 is 8.92 Å². The highest BCUT2D eigenvalue weighted by molar-refractivity contribution is 7.87. The highest BCUT2D eigenvalue weighted by Crippen LogP contribution is 2.32. The monoisotopic (exact) mass is 348 g/mol. The van der Waals surface area contributed by atoms with Crippen molar-refractivity contribution in [2.45, 2.75) is 32.6 Å². The van der Waals surface area contributed by atoms with Crippen LogP contribution in [-0.2, 0) is 10.1 Å². The lowest BCUT2D eigenvalue weighted by molar-refractivity contribution is 0.101. The molecule has 0 spiro atoms. The molecule has 5 nitrogen and oxygen atoms in total. The van der Waals surface area contributed by atoms with Crippen molar-refractivity contribution >= 4 is 15.9 Å². The van der Waals surface area contributed by atoms with E-state index >= 15 is 0 Å². The van der Waals surface area contributed by atoms with Gasteiger partial charge in [-0.25, -0.2) is 0 Å². The summed E-state index contributed by atoms with van der Waals surface area (Å²) in [5, 5.41) is 0. The van der Waals surface area contributed by atoms with Gasteiger partial charge >= 0.3 is 10.1 Å². The van der Waals surface area contributed by atoms with Crippen LogP contribution in [0.3, 0.4) is 0 Å². The Morgan fingerprint density at radius 1 is 0.958 bits per heavy atom. The van der Waals surface area contributed by atoms with Gasteiger partial charge in [0.1, 0.15) is 4.90 Å². The lowest BCUT2D eigenvalue weighted by Crippen LogP contribution is -2.14. The maximum Gasteiger partial charge on any atom is 0.339 e. The van der Waals surface area contributed by atoms with Gasteiger partial charge in [0.25, 0.3) is 0 Å². The molecule has 24 heavy (non-hydrogen) atoms. The van der Waals surface area contributed by atoms with Gasteiger partial charge in [-0.3, -0.25) is 4.79 Å². The van der Waals surface area contributed by atoms with E-state index in [1.165, 1.54) is 32.2 Å². The van der Waals surface area contributed by atoms with Crippen LogP contribution in [0.1, 0.15) is 34.0 Å². The SMILES string of the molecule is COc1cc(C(C)=O)ccc1OS(=O)(=O)c1c(C)cc(C)cc1C. The second-order valence-electron chi connectivity index (χ2n) is 5.69. The summed E-state index contributed by atoms with van der Waals surface area (Å²) in [5.41, 5.74) is 2.63. The first-order chi connectivity index (χ1) is 11.2. The molecule has 0 unspecified atom stereocenters. The molecule has 0 aliphatic carbocycles. The second-order valence-corrected chi connectivity index (χ2v) is 7.17. The first-order valence-corrected chi connectivity index (χ1v) is 8.78. The van der Waals surface area contributed by atoms with Crippen LogP contribution < -0.4 is 8.92 Å². The van der Waals surface area contributed by atoms with Gasteiger partial charge in [-0.2, -0.15) is 8.42 Å². The first-order valence-electron chi connectivity index (χ1n) is 7.37. The maximum absolute atomic E-state index is 12.7. The number of ketones is 1. The van der Waals surface area contributed by atoms with Gasteiger partial charge in [0.05, 0.1) is 7.11 Å². The number of benzene rings is 2. The molecule has 2 aromatic rings. The Morgan fingerprint density at radius 2 is 1.54 bits per heavy atom. The molecule has 2 rings (SSSR count). The van der Waals surface area contributed by atoms with Crippen molar-refractivity contribution in [1.29, 1.82) is 0 Å². The molecule has 0 amide bonds. The molecule has 0 aliphatic heterocycles. The predicted molar refractivity (Wildman–Crippen MR) is 91.5 cm³/mol. The minimum atomic E-state index is -4.02. The van der Waals surface area contributed by atoms with Crippen LogP contribution in [0.15, 0.2) is 35.2 Å². The van der Waals surface area contributed by atoms with Gasteiger partial charge in [0, 0.05) is 5.56 Å². The fourth-order valence-corrected chi connectivity index (χ4v) is 4.04. The van der Waals surface area contributed by atoms with Crippen molar-refractivity contribution < 1.29 is 22.1 Å². The quantitative estimate of drug-likeness (QED) is 0.610. The van der Waals surface area contributed by atoms with E-state index in [1.54, 1.807) is 26.0 Å². The molecule has 6 heteroatoms. The molecular formula is C18H20O5S. The minimum Gasteiger partial charge on any atom is -0.493 e. The second kappa shape index (κ2) is 6.65. The molecule has 0 saturated carbocycles. The first kappa shape index (κ1) is 18.0. The van der Waals surface area contributed by atoms with Crippen molar-refractivity contribution in [3.8, 4) is 11.5 Å². The van der Waals surface area contributed by atoms with E-state index in [9.17, 15) is 13.2 Å². The number of Topliss-reactive ketones (excluding diaryl/α,β-unsaturated/α-hetero) is 1. The molecule has 0 N–H and O–H groups in total. The summed E-state index contributed by atoms with van der Waals surface area (Å²) in [6.07, 6.45) is 0. The number of carbonyl (C=O) groups excluding carboxylic acids is 1. The fraction of sp³-hybridized carbons (Fsp3) is 0.278. The molecule has 0 aliphatic rings. The van der Waals surface area contributed by atoms with Crippen LogP contribution >= 0.6 is 0 Å². The summed E-state index contributed by atoms with van der Waals surface area (Å²) in [4.78, 5) is 11.6. The minimum absolute atomic E-state index is 0.0434. The van der Waals surface area contributed by atoms with Crippen molar-refractivity contribution in [3.63, 3.8) is 0 Å². The topological polar surface area (TPSA) is 69.7 Å². The van der Waals surface area contributed by atoms with E-state index in [4.69, 9.17) is 8.92 Å². The average molecular weight is 348 g/mol. The number of hydrogen-bond acceptors (Lipinski definition) is 5. The number of aryl methyl sites for hydroxylation is 3. The Hall–Kier alpha value is -2.34. The summed E-state index contributed by atoms with van der Waals surface area (Å²) < 4.78 is 35.8. The summed E-state index contributed by atoms with van der Waals surface area (Å²) >= 11 is 0. The molecule has 0 aromatic heterocycles. The fourth-order valence-electron chi connectivity index (χ4n) is 2.68. The highest BCUT2D eigenvalue weighted by atomic mass is 32.2. The van der Waals surface area contributed by atoms with Crippen LogP contribution in [0.2, 0.25) is 0 Å². The van der Waals surface area contributed by atoms with Crippen molar-refractivity contribution in [1.82, 2.24) is 0 Å². The van der Waals surface area contributed by atoms with Crippen molar-refractivity contribution in [3.05, 3.63) is 52.6 Å². The Balaban J connectivity index is 2.49. The van der Waals surface area contributed by atoms with E-state index < -0.39 is 10.1 Å². The van der Waals surface area contributed by atoms with E-state index in [2.05, 4.69) is 0 Å². The summed E-state index contributed by atoms with van der Waals surface area (Å²) in [6, 6.07) is 7.97. The van der Waals surface area contributed by atoms with Crippen LogP contribution in [0.5, 0.6) is 11.5 Å². The van der Waals surface area contributed by atoms with Gasteiger partial charge in [-0.05, 0) is 57.0 Å². The molecule has 0 heterocycles. The molecule has 2 aromatic carbocycles. The molecule has 128 valence electrons. The number of rotatable bonds is 5. The predicted octanol–water partition coefficient (Wildman–Crippen LogP) is 3.59. The van der Waals surface area contributed by atoms with Gasteiger partial charge in [0.2, 0.25) is 0 Å². The zero-order valence-corrected chi connectivity index (χ0v) is 15.2. The number of carbonyl (C=O) groups is 1. The summed E-state index contributed by atoms with van der Waals surface area (Å²) in [7, 11) is -2.63. The Labute approximate surface area is 142 Å². The van der Waals surface area contributed by atoms with Crippen LogP contribution in [-0.4, -0.2) is 21.3 Å². The number of hydrogen-bond donors (Lipinski definition) is 0. The molecule has 0 radical (unpaired) electrons. The van der Waals surface area contributed by atoms with Crippen LogP contribution in [0, 0.1) is 20.8 Å². The molecule has 0 bridgehead atoms. The van der Waals surface area contributed by atoms with E-state index in [0.717, 1.165) is 5.56 Å². The summed E-state index contributed by atoms with van der Waals surface area (Å²) in [5.74, 6) is 0.0866. The van der Waals surface area contributed by atoms with E-state index in [1.807, 2.05) is 6.92 Å². The van der Waals surface area contributed by atoms with Gasteiger partial charge in [0.15, 0.2) is 17.3 Å². The van der Waals surface area contributed by atoms with Crippen LogP contribution in [0.25, 0.3) is 0 Å². The third-order valence-corrected chi connectivity index (χ3v) is 5.17. The van der Waals surface area contributed by atoms with E-state index in [0.29, 0.717) is 16.7 Å². The Bertz CT molecular complexity index is 875. The zero-order valence-electron chi connectivity index (χ0n) is 14.3. The Kier molecular flexibility index (Phi) is 4.99. The third-order valence-electron chi connectivity index (χ3n) is 3.62. The van der Waals surface area contributed by atoms with Crippen LogP contribution in [0.4, 0.5) is 0 Å². The molecule has 0 saturated heterocycles. The Morgan fingerprint density at radius 3 is 2.04 bits per heavy atom. The largest absolute Gasteiger partial charge is 0.493 e. The molecular weight excluding hydrogens is 328 g/mol. The smallest absolute Gasteiger partial charge is 0.339 e. The maximum atomic E-state index is 12.7. The standard InChI is InChI=1S/C18H20O5S/c1-11-8-12(2)18(13(3)9-11)24(20,21)23-16-7-6-15(14(4)19)10-17(16)22-5/h6-10H,1-5H3.